The van der Waals surface area contributed by atoms with Crippen LogP contribution in [0.5, 0.6) is 0 Å². The van der Waals surface area contributed by atoms with E-state index in [2.05, 4.69) is 50.3 Å². The van der Waals surface area contributed by atoms with E-state index in [0.29, 0.717) is 12.1 Å². The van der Waals surface area contributed by atoms with Gasteiger partial charge in [-0.25, -0.2) is 4.99 Å². The van der Waals surface area contributed by atoms with Crippen molar-refractivity contribution < 1.29 is 4.79 Å². The van der Waals surface area contributed by atoms with Crippen LogP contribution in [0, 0.1) is 0 Å². The predicted molar refractivity (Wildman–Crippen MR) is 117 cm³/mol. The van der Waals surface area contributed by atoms with Crippen LogP contribution in [0.4, 0.5) is 0 Å². The third-order valence-corrected chi connectivity index (χ3v) is 6.58. The first-order valence-corrected chi connectivity index (χ1v) is 11.7. The summed E-state index contributed by atoms with van der Waals surface area (Å²) in [5, 5.41) is 12.0. The van der Waals surface area contributed by atoms with Crippen LogP contribution >= 0.6 is 11.3 Å². The fraction of sp³-hybridized carbons (Fsp3) is 0.714. The van der Waals surface area contributed by atoms with Crippen molar-refractivity contribution in [3.63, 3.8) is 0 Å². The standard InChI is InChI=1S/C21H35N5OS/c1-2-22-21(24-16-20(27)25-17-9-4-3-5-10-17)23-15-18(19-11-8-14-28-19)26-12-6-7-13-26/h8,11,14,17-18H,2-7,9-10,12-13,15-16H2,1H3,(H,25,27)(H2,22,23,24). The fourth-order valence-electron chi connectivity index (χ4n) is 4.15. The van der Waals surface area contributed by atoms with Crippen molar-refractivity contribution in [3.05, 3.63) is 22.4 Å². The molecule has 3 N–H and O–H groups in total. The number of thiophene rings is 1. The molecule has 6 nitrogen and oxygen atoms in total. The van der Waals surface area contributed by atoms with Gasteiger partial charge in [0.15, 0.2) is 5.96 Å². The predicted octanol–water partition coefficient (Wildman–Crippen LogP) is 2.89. The lowest BCUT2D eigenvalue weighted by Gasteiger charge is -2.27. The molecule has 3 rings (SSSR count). The summed E-state index contributed by atoms with van der Waals surface area (Å²) in [6.07, 6.45) is 8.49. The van der Waals surface area contributed by atoms with Gasteiger partial charge in [-0.05, 0) is 57.1 Å². The van der Waals surface area contributed by atoms with E-state index in [9.17, 15) is 4.79 Å². The lowest BCUT2D eigenvalue weighted by atomic mass is 9.95. The Morgan fingerprint density at radius 2 is 2.00 bits per heavy atom. The lowest BCUT2D eigenvalue weighted by Crippen LogP contribution is -2.43. The Labute approximate surface area is 173 Å². The molecule has 7 heteroatoms. The average molecular weight is 406 g/mol. The molecule has 0 aromatic carbocycles. The highest BCUT2D eigenvalue weighted by Crippen LogP contribution is 2.27. The number of rotatable bonds is 8. The van der Waals surface area contributed by atoms with Crippen LogP contribution < -0.4 is 16.0 Å². The maximum atomic E-state index is 12.3. The summed E-state index contributed by atoms with van der Waals surface area (Å²) in [6.45, 7) is 6.12. The summed E-state index contributed by atoms with van der Waals surface area (Å²) in [5.41, 5.74) is 0. The van der Waals surface area contributed by atoms with Gasteiger partial charge in [-0.3, -0.25) is 9.69 Å². The largest absolute Gasteiger partial charge is 0.357 e. The van der Waals surface area contributed by atoms with E-state index in [1.165, 1.54) is 37.0 Å². The van der Waals surface area contributed by atoms with E-state index >= 15 is 0 Å². The van der Waals surface area contributed by atoms with Crippen LogP contribution in [0.2, 0.25) is 0 Å². The molecule has 1 amide bonds. The number of hydrogen-bond acceptors (Lipinski definition) is 4. The zero-order chi connectivity index (χ0) is 19.6. The summed E-state index contributed by atoms with van der Waals surface area (Å²) in [4.78, 5) is 20.7. The number of nitrogens with zero attached hydrogens (tertiary/aromatic N) is 2. The van der Waals surface area contributed by atoms with Gasteiger partial charge in [0.25, 0.3) is 0 Å². The summed E-state index contributed by atoms with van der Waals surface area (Å²) < 4.78 is 0. The smallest absolute Gasteiger partial charge is 0.242 e. The maximum absolute atomic E-state index is 12.3. The molecule has 1 saturated carbocycles. The van der Waals surface area contributed by atoms with Crippen molar-refractivity contribution in [1.82, 2.24) is 20.9 Å². The minimum atomic E-state index is 0.0263. The second kappa shape index (κ2) is 11.4. The number of carbonyl (C=O) groups excluding carboxylic acids is 1. The number of carbonyl (C=O) groups is 1. The molecule has 1 aromatic rings. The second-order valence-electron chi connectivity index (χ2n) is 7.75. The monoisotopic (exact) mass is 405 g/mol. The maximum Gasteiger partial charge on any atom is 0.242 e. The number of aliphatic imine (C=N–C) groups is 1. The van der Waals surface area contributed by atoms with Crippen LogP contribution in [-0.4, -0.2) is 55.5 Å². The van der Waals surface area contributed by atoms with Gasteiger partial charge in [-0.1, -0.05) is 25.3 Å². The highest BCUT2D eigenvalue weighted by atomic mass is 32.1. The second-order valence-corrected chi connectivity index (χ2v) is 8.73. The quantitative estimate of drug-likeness (QED) is 0.459. The summed E-state index contributed by atoms with van der Waals surface area (Å²) >= 11 is 1.81. The molecule has 1 saturated heterocycles. The van der Waals surface area contributed by atoms with Gasteiger partial charge in [0.2, 0.25) is 5.91 Å². The Morgan fingerprint density at radius 1 is 1.21 bits per heavy atom. The van der Waals surface area contributed by atoms with E-state index in [1.807, 2.05) is 11.3 Å². The molecule has 0 radical (unpaired) electrons. The zero-order valence-corrected chi connectivity index (χ0v) is 17.9. The van der Waals surface area contributed by atoms with Gasteiger partial charge in [0.05, 0.1) is 6.04 Å². The summed E-state index contributed by atoms with van der Waals surface area (Å²) in [7, 11) is 0. The number of likely N-dealkylation sites (tertiary alicyclic amines) is 1. The van der Waals surface area contributed by atoms with E-state index < -0.39 is 0 Å². The molecular weight excluding hydrogens is 370 g/mol. The Hall–Kier alpha value is -1.60. The first-order chi connectivity index (χ1) is 13.8. The van der Waals surface area contributed by atoms with Crippen molar-refractivity contribution >= 4 is 23.2 Å². The van der Waals surface area contributed by atoms with Crippen molar-refractivity contribution in [2.45, 2.75) is 64.0 Å². The van der Waals surface area contributed by atoms with Crippen LogP contribution in [-0.2, 0) is 4.79 Å². The van der Waals surface area contributed by atoms with Crippen LogP contribution in [0.1, 0.15) is 62.8 Å². The van der Waals surface area contributed by atoms with Crippen LogP contribution in [0.15, 0.2) is 22.5 Å². The van der Waals surface area contributed by atoms with Crippen LogP contribution in [0.3, 0.4) is 0 Å². The normalized spacial score (nSPS) is 20.1. The molecule has 2 aliphatic rings. The highest BCUT2D eigenvalue weighted by Gasteiger charge is 2.24. The molecule has 28 heavy (non-hydrogen) atoms. The van der Waals surface area contributed by atoms with Crippen molar-refractivity contribution in [1.29, 1.82) is 0 Å². The minimum absolute atomic E-state index is 0.0263. The Kier molecular flexibility index (Phi) is 8.61. The SMILES string of the molecule is CCNC(=NCC(=O)NC1CCCCC1)NCC(c1cccs1)N1CCCC1. The van der Waals surface area contributed by atoms with E-state index in [1.54, 1.807) is 0 Å². The molecule has 1 aliphatic heterocycles. The summed E-state index contributed by atoms with van der Waals surface area (Å²) in [5.74, 6) is 0.750. The van der Waals surface area contributed by atoms with Crippen molar-refractivity contribution in [2.75, 3.05) is 32.7 Å². The molecular formula is C21H35N5OS. The van der Waals surface area contributed by atoms with Gasteiger partial charge in [0.1, 0.15) is 6.54 Å². The third-order valence-electron chi connectivity index (χ3n) is 5.61. The summed E-state index contributed by atoms with van der Waals surface area (Å²) in [6, 6.07) is 5.04. The lowest BCUT2D eigenvalue weighted by molar-refractivity contribution is -0.120. The topological polar surface area (TPSA) is 68.8 Å². The molecule has 156 valence electrons. The Morgan fingerprint density at radius 3 is 2.68 bits per heavy atom. The van der Waals surface area contributed by atoms with Gasteiger partial charge < -0.3 is 16.0 Å². The molecule has 1 aromatic heterocycles. The van der Waals surface area contributed by atoms with Gasteiger partial charge >= 0.3 is 0 Å². The van der Waals surface area contributed by atoms with E-state index in [0.717, 1.165) is 45.0 Å². The minimum Gasteiger partial charge on any atom is -0.357 e. The zero-order valence-electron chi connectivity index (χ0n) is 17.1. The van der Waals surface area contributed by atoms with Crippen LogP contribution in [0.25, 0.3) is 0 Å². The number of guanidine groups is 1. The van der Waals surface area contributed by atoms with Gasteiger partial charge in [-0.2, -0.15) is 0 Å². The molecule has 1 atom stereocenters. The molecule has 2 fully saturated rings. The van der Waals surface area contributed by atoms with E-state index in [4.69, 9.17) is 0 Å². The molecule has 1 aliphatic carbocycles. The molecule has 0 spiro atoms. The number of nitrogens with one attached hydrogen (secondary N) is 3. The number of hydrogen-bond donors (Lipinski definition) is 3. The third kappa shape index (κ3) is 6.48. The Bertz CT molecular complexity index is 606. The number of amides is 1. The fourth-order valence-corrected chi connectivity index (χ4v) is 5.01. The van der Waals surface area contributed by atoms with Crippen molar-refractivity contribution in [3.8, 4) is 0 Å². The molecule has 2 heterocycles. The molecule has 1 unspecified atom stereocenters. The first kappa shape index (κ1) is 21.1. The van der Waals surface area contributed by atoms with Gasteiger partial charge in [-0.15, -0.1) is 11.3 Å². The molecule has 0 bridgehead atoms. The highest BCUT2D eigenvalue weighted by molar-refractivity contribution is 7.10. The average Bonchev–Trinajstić information content (AvgIpc) is 3.42. The van der Waals surface area contributed by atoms with Crippen molar-refractivity contribution in [2.24, 2.45) is 4.99 Å². The first-order valence-electron chi connectivity index (χ1n) is 10.8. The van der Waals surface area contributed by atoms with Gasteiger partial charge in [0, 0.05) is 24.0 Å². The Balaban J connectivity index is 1.53. The van der Waals surface area contributed by atoms with E-state index in [-0.39, 0.29) is 12.5 Å².